The molecule has 2 rings (SSSR count). The number of benzene rings is 1. The summed E-state index contributed by atoms with van der Waals surface area (Å²) in [5, 5.41) is 13.1. The van der Waals surface area contributed by atoms with Gasteiger partial charge in [0.05, 0.1) is 18.1 Å². The molecule has 0 spiro atoms. The van der Waals surface area contributed by atoms with Crippen molar-refractivity contribution in [3.05, 3.63) is 35.2 Å². The zero-order valence-electron chi connectivity index (χ0n) is 7.85. The van der Waals surface area contributed by atoms with Gasteiger partial charge in [-0.1, -0.05) is 28.9 Å². The van der Waals surface area contributed by atoms with Crippen LogP contribution in [0.1, 0.15) is 5.89 Å². The smallest absolute Gasteiger partial charge is 0.229 e. The average molecular weight is 225 g/mol. The van der Waals surface area contributed by atoms with Crippen molar-refractivity contribution < 1.29 is 9.63 Å². The van der Waals surface area contributed by atoms with E-state index >= 15 is 0 Å². The molecule has 0 aliphatic carbocycles. The van der Waals surface area contributed by atoms with Gasteiger partial charge in [0.1, 0.15) is 0 Å². The van der Waals surface area contributed by atoms with Crippen LogP contribution in [0.15, 0.2) is 28.8 Å². The number of nitrogens with zero attached hydrogens (tertiary/aromatic N) is 2. The predicted octanol–water partition coefficient (Wildman–Crippen LogP) is 1.92. The zero-order valence-corrected chi connectivity index (χ0v) is 8.61. The fourth-order valence-electron chi connectivity index (χ4n) is 1.20. The summed E-state index contributed by atoms with van der Waals surface area (Å²) in [6.07, 6.45) is 0.359. The van der Waals surface area contributed by atoms with E-state index in [0.29, 0.717) is 23.2 Å². The van der Waals surface area contributed by atoms with Crippen LogP contribution in [-0.4, -0.2) is 21.9 Å². The highest BCUT2D eigenvalue weighted by Crippen LogP contribution is 2.24. The van der Waals surface area contributed by atoms with Crippen molar-refractivity contribution in [3.8, 4) is 11.4 Å². The normalized spacial score (nSPS) is 10.5. The van der Waals surface area contributed by atoms with E-state index in [4.69, 9.17) is 21.2 Å². The number of rotatable bonds is 3. The third-order valence-electron chi connectivity index (χ3n) is 1.91. The van der Waals surface area contributed by atoms with Crippen LogP contribution in [0.3, 0.4) is 0 Å². The summed E-state index contributed by atoms with van der Waals surface area (Å²) >= 11 is 5.97. The second kappa shape index (κ2) is 4.42. The van der Waals surface area contributed by atoms with Gasteiger partial charge in [-0.2, -0.15) is 4.98 Å². The lowest BCUT2D eigenvalue weighted by Crippen LogP contribution is -1.90. The van der Waals surface area contributed by atoms with Gasteiger partial charge in [-0.3, -0.25) is 0 Å². The summed E-state index contributed by atoms with van der Waals surface area (Å²) < 4.78 is 4.93. The molecule has 5 heteroatoms. The Kier molecular flexibility index (Phi) is 2.99. The molecule has 0 fully saturated rings. The lowest BCUT2D eigenvalue weighted by molar-refractivity contribution is 0.274. The molecule has 1 heterocycles. The largest absolute Gasteiger partial charge is 0.396 e. The molecule has 1 aromatic heterocycles. The van der Waals surface area contributed by atoms with E-state index in [1.165, 1.54) is 0 Å². The zero-order chi connectivity index (χ0) is 10.7. The van der Waals surface area contributed by atoms with Crippen molar-refractivity contribution in [2.75, 3.05) is 6.61 Å². The maximum atomic E-state index is 8.70. The fraction of sp³-hybridized carbons (Fsp3) is 0.200. The summed E-state index contributed by atoms with van der Waals surface area (Å²) in [4.78, 5) is 4.11. The quantitative estimate of drug-likeness (QED) is 0.866. The molecular formula is C10H9ClN2O2. The van der Waals surface area contributed by atoms with Gasteiger partial charge in [0.2, 0.25) is 11.7 Å². The summed E-state index contributed by atoms with van der Waals surface area (Å²) in [5.41, 5.74) is 0.729. The first-order chi connectivity index (χ1) is 7.31. The molecule has 0 aliphatic heterocycles. The molecular weight excluding hydrogens is 216 g/mol. The van der Waals surface area contributed by atoms with Gasteiger partial charge in [0.15, 0.2) is 0 Å². The molecule has 1 aromatic carbocycles. The van der Waals surface area contributed by atoms with E-state index in [9.17, 15) is 0 Å². The predicted molar refractivity (Wildman–Crippen MR) is 55.5 cm³/mol. The molecule has 2 aromatic rings. The van der Waals surface area contributed by atoms with Crippen molar-refractivity contribution in [1.29, 1.82) is 0 Å². The Balaban J connectivity index is 2.33. The highest BCUT2D eigenvalue weighted by molar-refractivity contribution is 6.33. The topological polar surface area (TPSA) is 59.2 Å². The molecule has 0 saturated carbocycles. The van der Waals surface area contributed by atoms with Gasteiger partial charge in [-0.05, 0) is 12.1 Å². The molecule has 0 unspecified atom stereocenters. The number of aliphatic hydroxyl groups is 1. The molecule has 0 saturated heterocycles. The van der Waals surface area contributed by atoms with Gasteiger partial charge in [0.25, 0.3) is 0 Å². The monoisotopic (exact) mass is 224 g/mol. The molecule has 78 valence electrons. The van der Waals surface area contributed by atoms with Crippen LogP contribution in [0, 0.1) is 0 Å². The second-order valence-electron chi connectivity index (χ2n) is 2.97. The Bertz CT molecular complexity index is 456. The molecule has 0 bridgehead atoms. The van der Waals surface area contributed by atoms with Crippen LogP contribution >= 0.6 is 11.6 Å². The maximum absolute atomic E-state index is 8.70. The number of aliphatic hydroxyl groups excluding tert-OH is 1. The van der Waals surface area contributed by atoms with Gasteiger partial charge in [0, 0.05) is 5.56 Å². The summed E-state index contributed by atoms with van der Waals surface area (Å²) in [7, 11) is 0. The Morgan fingerprint density at radius 2 is 2.13 bits per heavy atom. The van der Waals surface area contributed by atoms with E-state index in [0.717, 1.165) is 5.56 Å². The first-order valence-electron chi connectivity index (χ1n) is 4.49. The van der Waals surface area contributed by atoms with Crippen LogP contribution < -0.4 is 0 Å². The van der Waals surface area contributed by atoms with E-state index in [1.807, 2.05) is 18.2 Å². The average Bonchev–Trinajstić information content (AvgIpc) is 2.68. The third-order valence-corrected chi connectivity index (χ3v) is 2.24. The third kappa shape index (κ3) is 2.16. The molecule has 4 nitrogen and oxygen atoms in total. The van der Waals surface area contributed by atoms with E-state index in [2.05, 4.69) is 10.1 Å². The van der Waals surface area contributed by atoms with Gasteiger partial charge in [-0.25, -0.2) is 0 Å². The minimum absolute atomic E-state index is 0.00977. The summed E-state index contributed by atoms with van der Waals surface area (Å²) in [6.45, 7) is -0.00977. The Hall–Kier alpha value is -1.39. The highest BCUT2D eigenvalue weighted by atomic mass is 35.5. The fourth-order valence-corrected chi connectivity index (χ4v) is 1.42. The first-order valence-corrected chi connectivity index (χ1v) is 4.87. The van der Waals surface area contributed by atoms with E-state index in [1.54, 1.807) is 6.07 Å². The maximum Gasteiger partial charge on any atom is 0.229 e. The van der Waals surface area contributed by atoms with Crippen molar-refractivity contribution in [2.24, 2.45) is 0 Å². The second-order valence-corrected chi connectivity index (χ2v) is 3.37. The SMILES string of the molecule is OCCc1nc(-c2ccccc2Cl)no1. The standard InChI is InChI=1S/C10H9ClN2O2/c11-8-4-2-1-3-7(8)10-12-9(5-6-14)15-13-10/h1-4,14H,5-6H2. The molecule has 0 radical (unpaired) electrons. The van der Waals surface area contributed by atoms with Crippen LogP contribution in [-0.2, 0) is 6.42 Å². The van der Waals surface area contributed by atoms with E-state index in [-0.39, 0.29) is 6.61 Å². The van der Waals surface area contributed by atoms with Crippen LogP contribution in [0.25, 0.3) is 11.4 Å². The molecule has 1 N–H and O–H groups in total. The van der Waals surface area contributed by atoms with Crippen molar-refractivity contribution in [3.63, 3.8) is 0 Å². The van der Waals surface area contributed by atoms with Crippen LogP contribution in [0.2, 0.25) is 5.02 Å². The van der Waals surface area contributed by atoms with Crippen molar-refractivity contribution in [2.45, 2.75) is 6.42 Å². The van der Waals surface area contributed by atoms with Crippen LogP contribution in [0.5, 0.6) is 0 Å². The van der Waals surface area contributed by atoms with Crippen molar-refractivity contribution in [1.82, 2.24) is 10.1 Å². The van der Waals surface area contributed by atoms with Gasteiger partial charge < -0.3 is 9.63 Å². The Morgan fingerprint density at radius 3 is 2.87 bits per heavy atom. The number of halogens is 1. The number of hydrogen-bond acceptors (Lipinski definition) is 4. The highest BCUT2D eigenvalue weighted by Gasteiger charge is 2.10. The van der Waals surface area contributed by atoms with Gasteiger partial charge >= 0.3 is 0 Å². The van der Waals surface area contributed by atoms with Gasteiger partial charge in [-0.15, -0.1) is 0 Å². The minimum atomic E-state index is -0.00977. The first kappa shape index (κ1) is 10.1. The Labute approximate surface area is 91.5 Å². The number of hydrogen-bond donors (Lipinski definition) is 1. The van der Waals surface area contributed by atoms with Crippen LogP contribution in [0.4, 0.5) is 0 Å². The lowest BCUT2D eigenvalue weighted by atomic mass is 10.2. The van der Waals surface area contributed by atoms with E-state index < -0.39 is 0 Å². The molecule has 0 atom stereocenters. The summed E-state index contributed by atoms with van der Waals surface area (Å²) in [5.74, 6) is 0.858. The molecule has 15 heavy (non-hydrogen) atoms. The molecule has 0 amide bonds. The van der Waals surface area contributed by atoms with Crippen molar-refractivity contribution >= 4 is 11.6 Å². The number of aromatic nitrogens is 2. The minimum Gasteiger partial charge on any atom is -0.396 e. The summed E-state index contributed by atoms with van der Waals surface area (Å²) in [6, 6.07) is 7.26. The lowest BCUT2D eigenvalue weighted by Gasteiger charge is -1.95. The Morgan fingerprint density at radius 1 is 1.33 bits per heavy atom. The molecule has 0 aliphatic rings.